The Morgan fingerprint density at radius 2 is 1.19 bits per heavy atom. The fraction of sp³-hybridized carbons (Fsp3) is 1.00. The van der Waals surface area contributed by atoms with Crippen molar-refractivity contribution in [3.63, 3.8) is 0 Å². The summed E-state index contributed by atoms with van der Waals surface area (Å²) in [5.74, 6) is 5.54. The fourth-order valence-corrected chi connectivity index (χ4v) is 5.20. The van der Waals surface area contributed by atoms with Crippen molar-refractivity contribution in [3.8, 4) is 0 Å². The number of rotatable bonds is 0. The van der Waals surface area contributed by atoms with Crippen molar-refractivity contribution >= 4 is 0 Å². The third kappa shape index (κ3) is 1.83. The van der Waals surface area contributed by atoms with Gasteiger partial charge in [0.1, 0.15) is 0 Å². The first-order chi connectivity index (χ1) is 7.57. The van der Waals surface area contributed by atoms with Gasteiger partial charge in [-0.15, -0.1) is 0 Å². The van der Waals surface area contributed by atoms with Crippen LogP contribution in [0.1, 0.15) is 65.7 Å². The molecule has 4 unspecified atom stereocenters. The maximum atomic E-state index is 2.46. The molecule has 0 aromatic heterocycles. The molecule has 0 radical (unpaired) electrons. The molecule has 3 fully saturated rings. The molecule has 3 saturated carbocycles. The lowest BCUT2D eigenvalue weighted by Crippen LogP contribution is -2.11. The van der Waals surface area contributed by atoms with E-state index < -0.39 is 0 Å². The Bertz CT molecular complexity index is 240. The zero-order valence-electron chi connectivity index (χ0n) is 11.3. The van der Waals surface area contributed by atoms with Gasteiger partial charge in [0.15, 0.2) is 0 Å². The quantitative estimate of drug-likeness (QED) is 0.545. The molecule has 0 saturated heterocycles. The molecule has 0 N–H and O–H groups in total. The Labute approximate surface area is 101 Å². The van der Waals surface area contributed by atoms with Gasteiger partial charge in [-0.25, -0.2) is 0 Å². The molecule has 0 amide bonds. The van der Waals surface area contributed by atoms with Crippen LogP contribution in [-0.4, -0.2) is 0 Å². The van der Waals surface area contributed by atoms with Gasteiger partial charge in [-0.2, -0.15) is 0 Å². The second-order valence-electron chi connectivity index (χ2n) is 7.83. The van der Waals surface area contributed by atoms with Crippen molar-refractivity contribution in [3.05, 3.63) is 0 Å². The number of fused-ring (bicyclic) bond motifs is 2. The minimum Gasteiger partial charge on any atom is -0.0599 e. The zero-order valence-corrected chi connectivity index (χ0v) is 11.3. The first-order valence-electron chi connectivity index (χ1n) is 7.57. The van der Waals surface area contributed by atoms with Gasteiger partial charge in [0.25, 0.3) is 0 Å². The molecule has 0 aromatic carbocycles. The first kappa shape index (κ1) is 11.1. The zero-order chi connectivity index (χ0) is 11.3. The Kier molecular flexibility index (Phi) is 2.60. The van der Waals surface area contributed by atoms with E-state index in [9.17, 15) is 0 Å². The van der Waals surface area contributed by atoms with E-state index in [1.807, 2.05) is 0 Å². The molecule has 0 heterocycles. The van der Waals surface area contributed by atoms with Crippen LogP contribution in [0.3, 0.4) is 0 Å². The molecular formula is C16H28. The van der Waals surface area contributed by atoms with E-state index >= 15 is 0 Å². The summed E-state index contributed by atoms with van der Waals surface area (Å²) in [4.78, 5) is 0. The lowest BCUT2D eigenvalue weighted by Gasteiger charge is -2.21. The van der Waals surface area contributed by atoms with Gasteiger partial charge in [0, 0.05) is 0 Å². The minimum absolute atomic E-state index is 0.578. The van der Waals surface area contributed by atoms with Crippen molar-refractivity contribution in [1.29, 1.82) is 0 Å². The summed E-state index contributed by atoms with van der Waals surface area (Å²) < 4.78 is 0. The van der Waals surface area contributed by atoms with E-state index in [0.717, 1.165) is 29.6 Å². The summed E-state index contributed by atoms with van der Waals surface area (Å²) >= 11 is 0. The lowest BCUT2D eigenvalue weighted by molar-refractivity contribution is 0.295. The number of hydrogen-bond acceptors (Lipinski definition) is 0. The standard InChI is InChI=1S/C16H28/c1-16(2,3)15-13-9-7-11-5-4-6-12(11)8-10-14(13)15/h11-15H,4-10H2,1-3H3/t11-,12?,13?,14?,15?/m1/s1. The van der Waals surface area contributed by atoms with Gasteiger partial charge in [-0.3, -0.25) is 0 Å². The molecule has 0 heteroatoms. The van der Waals surface area contributed by atoms with Crippen LogP contribution in [-0.2, 0) is 0 Å². The van der Waals surface area contributed by atoms with Crippen molar-refractivity contribution in [2.45, 2.75) is 65.7 Å². The Morgan fingerprint density at radius 1 is 0.688 bits per heavy atom. The predicted octanol–water partition coefficient (Wildman–Crippen LogP) is 4.89. The largest absolute Gasteiger partial charge is 0.0599 e. The van der Waals surface area contributed by atoms with Crippen LogP contribution in [0.4, 0.5) is 0 Å². The van der Waals surface area contributed by atoms with Gasteiger partial charge < -0.3 is 0 Å². The van der Waals surface area contributed by atoms with Crippen molar-refractivity contribution < 1.29 is 0 Å². The van der Waals surface area contributed by atoms with Gasteiger partial charge >= 0.3 is 0 Å². The van der Waals surface area contributed by atoms with Crippen molar-refractivity contribution in [2.24, 2.45) is 35.0 Å². The first-order valence-corrected chi connectivity index (χ1v) is 7.57. The highest BCUT2D eigenvalue weighted by Gasteiger charge is 2.55. The predicted molar refractivity (Wildman–Crippen MR) is 69.2 cm³/mol. The van der Waals surface area contributed by atoms with Crippen LogP contribution < -0.4 is 0 Å². The molecule has 0 spiro atoms. The summed E-state index contributed by atoms with van der Waals surface area (Å²) in [5, 5.41) is 0. The molecule has 0 aliphatic heterocycles. The normalized spacial score (nSPS) is 47.8. The third-order valence-corrected chi connectivity index (χ3v) is 5.89. The summed E-state index contributed by atoms with van der Waals surface area (Å²) in [7, 11) is 0. The molecule has 0 aromatic rings. The molecule has 3 rings (SSSR count). The highest BCUT2D eigenvalue weighted by atomic mass is 14.6. The Balaban J connectivity index is 1.66. The highest BCUT2D eigenvalue weighted by Crippen LogP contribution is 2.62. The molecule has 0 bridgehead atoms. The van der Waals surface area contributed by atoms with E-state index in [-0.39, 0.29) is 0 Å². The topological polar surface area (TPSA) is 0 Å². The summed E-state index contributed by atoms with van der Waals surface area (Å²) in [6, 6.07) is 0. The van der Waals surface area contributed by atoms with E-state index in [1.54, 1.807) is 38.5 Å². The maximum absolute atomic E-state index is 2.46. The van der Waals surface area contributed by atoms with Crippen molar-refractivity contribution in [1.82, 2.24) is 0 Å². The number of hydrogen-bond donors (Lipinski definition) is 0. The minimum atomic E-state index is 0.578. The SMILES string of the molecule is CC(C)(C)C1C2CCC3CCC[C@@H]3CCC21. The molecule has 92 valence electrons. The average molecular weight is 220 g/mol. The molecule has 0 nitrogen and oxygen atoms in total. The Morgan fingerprint density at radius 3 is 1.62 bits per heavy atom. The van der Waals surface area contributed by atoms with Crippen LogP contribution in [0.2, 0.25) is 0 Å². The second-order valence-corrected chi connectivity index (χ2v) is 7.83. The van der Waals surface area contributed by atoms with Crippen LogP contribution in [0.15, 0.2) is 0 Å². The molecular weight excluding hydrogens is 192 g/mol. The van der Waals surface area contributed by atoms with Crippen LogP contribution >= 0.6 is 0 Å². The summed E-state index contributed by atoms with van der Waals surface area (Å²) in [6.45, 7) is 7.39. The van der Waals surface area contributed by atoms with E-state index in [2.05, 4.69) is 20.8 Å². The average Bonchev–Trinajstić information content (AvgIpc) is 2.69. The lowest BCUT2D eigenvalue weighted by atomic mass is 9.84. The van der Waals surface area contributed by atoms with Crippen LogP contribution in [0.5, 0.6) is 0 Å². The molecule has 16 heavy (non-hydrogen) atoms. The van der Waals surface area contributed by atoms with Gasteiger partial charge in [-0.05, 0) is 60.7 Å². The monoisotopic (exact) mass is 220 g/mol. The summed E-state index contributed by atoms with van der Waals surface area (Å²) in [6.07, 6.45) is 10.9. The van der Waals surface area contributed by atoms with Gasteiger partial charge in [0.2, 0.25) is 0 Å². The smallest absolute Gasteiger partial charge is 0.0303 e. The van der Waals surface area contributed by atoms with E-state index in [4.69, 9.17) is 0 Å². The van der Waals surface area contributed by atoms with Crippen LogP contribution in [0.25, 0.3) is 0 Å². The Hall–Kier alpha value is 0. The van der Waals surface area contributed by atoms with Gasteiger partial charge in [0.05, 0.1) is 0 Å². The van der Waals surface area contributed by atoms with Crippen LogP contribution in [0, 0.1) is 35.0 Å². The van der Waals surface area contributed by atoms with E-state index in [0.29, 0.717) is 5.41 Å². The maximum Gasteiger partial charge on any atom is -0.0303 e. The highest BCUT2D eigenvalue weighted by molar-refractivity contribution is 5.04. The molecule has 3 aliphatic carbocycles. The third-order valence-electron chi connectivity index (χ3n) is 5.89. The van der Waals surface area contributed by atoms with Crippen molar-refractivity contribution in [2.75, 3.05) is 0 Å². The van der Waals surface area contributed by atoms with E-state index in [1.165, 1.54) is 6.42 Å². The molecule has 3 aliphatic rings. The molecule has 5 atom stereocenters. The summed E-state index contributed by atoms with van der Waals surface area (Å²) in [5.41, 5.74) is 0.578. The van der Waals surface area contributed by atoms with Gasteiger partial charge in [-0.1, -0.05) is 40.0 Å². The second kappa shape index (κ2) is 3.75. The fourth-order valence-electron chi connectivity index (χ4n) is 5.20.